The van der Waals surface area contributed by atoms with Gasteiger partial charge in [0.15, 0.2) is 10.9 Å². The van der Waals surface area contributed by atoms with Gasteiger partial charge in [-0.05, 0) is 12.5 Å². The van der Waals surface area contributed by atoms with Crippen LogP contribution in [-0.2, 0) is 6.42 Å². The Labute approximate surface area is 104 Å². The Balaban J connectivity index is 2.21. The molecule has 1 heterocycles. The van der Waals surface area contributed by atoms with Gasteiger partial charge in [0.1, 0.15) is 5.69 Å². The number of halogens is 1. The van der Waals surface area contributed by atoms with Gasteiger partial charge in [0, 0.05) is 12.6 Å². The molecule has 0 saturated carbocycles. The van der Waals surface area contributed by atoms with E-state index in [1.54, 1.807) is 13.1 Å². The van der Waals surface area contributed by atoms with Crippen LogP contribution in [-0.4, -0.2) is 15.8 Å². The first-order chi connectivity index (χ1) is 8.16. The van der Waals surface area contributed by atoms with Crippen LogP contribution >= 0.6 is 11.6 Å². The van der Waals surface area contributed by atoms with Gasteiger partial charge in [-0.15, -0.1) is 0 Å². The summed E-state index contributed by atoms with van der Waals surface area (Å²) < 4.78 is 0. The van der Waals surface area contributed by atoms with Crippen molar-refractivity contribution in [3.63, 3.8) is 0 Å². The number of carbonyl (C=O) groups is 1. The van der Waals surface area contributed by atoms with E-state index in [-0.39, 0.29) is 23.1 Å². The molecule has 0 spiro atoms. The third kappa shape index (κ3) is 2.88. The van der Waals surface area contributed by atoms with Crippen LogP contribution in [0.4, 0.5) is 0 Å². The lowest BCUT2D eigenvalue weighted by molar-refractivity contribution is 0.0988. The average Bonchev–Trinajstić information content (AvgIpc) is 2.30. The van der Waals surface area contributed by atoms with Crippen molar-refractivity contribution in [2.45, 2.75) is 13.3 Å². The van der Waals surface area contributed by atoms with E-state index in [1.165, 1.54) is 0 Å². The molecule has 0 unspecified atom stereocenters. The zero-order chi connectivity index (χ0) is 12.3. The number of aromatic nitrogens is 2. The molecule has 0 aliphatic carbocycles. The van der Waals surface area contributed by atoms with Crippen molar-refractivity contribution in [3.8, 4) is 0 Å². The molecule has 0 radical (unpaired) electrons. The highest BCUT2D eigenvalue weighted by Gasteiger charge is 2.13. The van der Waals surface area contributed by atoms with Crippen LogP contribution in [0.3, 0.4) is 0 Å². The Morgan fingerprint density at radius 2 is 2.00 bits per heavy atom. The smallest absolute Gasteiger partial charge is 0.188 e. The molecule has 2 aromatic rings. The van der Waals surface area contributed by atoms with Crippen molar-refractivity contribution < 1.29 is 4.79 Å². The van der Waals surface area contributed by atoms with E-state index < -0.39 is 0 Å². The summed E-state index contributed by atoms with van der Waals surface area (Å²) in [6, 6.07) is 9.49. The summed E-state index contributed by atoms with van der Waals surface area (Å²) in [5, 5.41) is 0.172. The number of rotatable bonds is 3. The van der Waals surface area contributed by atoms with Gasteiger partial charge in [0.2, 0.25) is 0 Å². The third-order valence-corrected chi connectivity index (χ3v) is 2.59. The maximum absolute atomic E-state index is 12.0. The molecule has 0 saturated heterocycles. The Kier molecular flexibility index (Phi) is 3.49. The average molecular weight is 247 g/mol. The second-order valence-corrected chi connectivity index (χ2v) is 4.09. The summed E-state index contributed by atoms with van der Waals surface area (Å²) in [5.41, 5.74) is 1.88. The Morgan fingerprint density at radius 3 is 2.65 bits per heavy atom. The predicted octanol–water partition coefficient (Wildman–Crippen LogP) is 2.86. The van der Waals surface area contributed by atoms with E-state index in [0.29, 0.717) is 5.69 Å². The summed E-state index contributed by atoms with van der Waals surface area (Å²) >= 11 is 5.90. The molecular formula is C13H11ClN2O. The minimum Gasteiger partial charge on any atom is -0.292 e. The number of carbonyl (C=O) groups excluding carboxylic acids is 1. The summed E-state index contributed by atoms with van der Waals surface area (Å²) in [6.07, 6.45) is 1.84. The summed E-state index contributed by atoms with van der Waals surface area (Å²) in [7, 11) is 0. The van der Waals surface area contributed by atoms with Gasteiger partial charge in [-0.3, -0.25) is 4.79 Å². The van der Waals surface area contributed by atoms with Gasteiger partial charge in [-0.25, -0.2) is 9.97 Å². The van der Waals surface area contributed by atoms with Gasteiger partial charge in [0.05, 0.1) is 5.69 Å². The molecule has 4 heteroatoms. The van der Waals surface area contributed by atoms with Crippen LogP contribution < -0.4 is 0 Å². The number of ketones is 1. The zero-order valence-electron chi connectivity index (χ0n) is 9.35. The molecule has 0 bridgehead atoms. The van der Waals surface area contributed by atoms with E-state index in [0.717, 1.165) is 5.56 Å². The lowest BCUT2D eigenvalue weighted by Gasteiger charge is -2.03. The van der Waals surface area contributed by atoms with Gasteiger partial charge >= 0.3 is 0 Å². The molecule has 0 amide bonds. The monoisotopic (exact) mass is 246 g/mol. The molecule has 1 aromatic carbocycles. The van der Waals surface area contributed by atoms with Crippen LogP contribution in [0.5, 0.6) is 0 Å². The minimum absolute atomic E-state index is 0.117. The Hall–Kier alpha value is -1.74. The number of nitrogens with zero attached hydrogens (tertiary/aromatic N) is 2. The summed E-state index contributed by atoms with van der Waals surface area (Å²) in [4.78, 5) is 20.0. The van der Waals surface area contributed by atoms with E-state index in [2.05, 4.69) is 9.97 Å². The van der Waals surface area contributed by atoms with Crippen molar-refractivity contribution in [3.05, 3.63) is 58.6 Å². The number of aryl methyl sites for hydroxylation is 1. The highest BCUT2D eigenvalue weighted by Crippen LogP contribution is 2.13. The maximum Gasteiger partial charge on any atom is 0.188 e. The number of Topliss-reactive ketones (excluding diaryl/α,β-unsaturated/α-hetero) is 1. The number of hydrogen-bond donors (Lipinski definition) is 0. The first-order valence-electron chi connectivity index (χ1n) is 5.23. The number of hydrogen-bond acceptors (Lipinski definition) is 3. The molecule has 17 heavy (non-hydrogen) atoms. The molecule has 0 N–H and O–H groups in total. The molecular weight excluding hydrogens is 236 g/mol. The first-order valence-corrected chi connectivity index (χ1v) is 5.61. The molecule has 0 aliphatic rings. The zero-order valence-corrected chi connectivity index (χ0v) is 10.1. The quantitative estimate of drug-likeness (QED) is 0.782. The van der Waals surface area contributed by atoms with Crippen molar-refractivity contribution in [2.24, 2.45) is 0 Å². The fraction of sp³-hybridized carbons (Fsp3) is 0.154. The van der Waals surface area contributed by atoms with Crippen molar-refractivity contribution >= 4 is 17.4 Å². The van der Waals surface area contributed by atoms with Crippen LogP contribution in [0, 0.1) is 6.92 Å². The van der Waals surface area contributed by atoms with Crippen LogP contribution in [0.15, 0.2) is 36.5 Å². The summed E-state index contributed by atoms with van der Waals surface area (Å²) in [5.74, 6) is -0.117. The van der Waals surface area contributed by atoms with Gasteiger partial charge < -0.3 is 0 Å². The standard InChI is InChI=1S/C13H11ClN2O/c1-9-8-15-12(13(14)16-9)11(17)7-10-5-3-2-4-6-10/h2-6,8H,7H2,1H3. The molecule has 0 fully saturated rings. The van der Waals surface area contributed by atoms with Crippen LogP contribution in [0.25, 0.3) is 0 Å². The molecule has 1 aromatic heterocycles. The molecule has 3 nitrogen and oxygen atoms in total. The van der Waals surface area contributed by atoms with E-state index in [1.807, 2.05) is 30.3 Å². The van der Waals surface area contributed by atoms with Gasteiger partial charge in [-0.1, -0.05) is 41.9 Å². The van der Waals surface area contributed by atoms with Crippen LogP contribution in [0.1, 0.15) is 21.7 Å². The van der Waals surface area contributed by atoms with Crippen molar-refractivity contribution in [2.75, 3.05) is 0 Å². The van der Waals surface area contributed by atoms with E-state index in [9.17, 15) is 4.79 Å². The van der Waals surface area contributed by atoms with Gasteiger partial charge in [-0.2, -0.15) is 0 Å². The van der Waals surface area contributed by atoms with E-state index >= 15 is 0 Å². The Bertz CT molecular complexity index is 540. The largest absolute Gasteiger partial charge is 0.292 e. The third-order valence-electron chi connectivity index (χ3n) is 2.32. The Morgan fingerprint density at radius 1 is 1.29 bits per heavy atom. The fourth-order valence-electron chi connectivity index (χ4n) is 1.50. The minimum atomic E-state index is -0.117. The van der Waals surface area contributed by atoms with Gasteiger partial charge in [0.25, 0.3) is 0 Å². The van der Waals surface area contributed by atoms with Crippen molar-refractivity contribution in [1.82, 2.24) is 9.97 Å². The predicted molar refractivity (Wildman–Crippen MR) is 66.3 cm³/mol. The molecule has 2 rings (SSSR count). The second kappa shape index (κ2) is 5.06. The second-order valence-electron chi connectivity index (χ2n) is 3.74. The normalized spacial score (nSPS) is 10.2. The fourth-order valence-corrected chi connectivity index (χ4v) is 1.79. The first kappa shape index (κ1) is 11.7. The van der Waals surface area contributed by atoms with E-state index in [4.69, 9.17) is 11.6 Å². The molecule has 0 atom stereocenters. The lowest BCUT2D eigenvalue weighted by atomic mass is 10.1. The van der Waals surface area contributed by atoms with Crippen molar-refractivity contribution in [1.29, 1.82) is 0 Å². The molecule has 86 valence electrons. The molecule has 0 aliphatic heterocycles. The lowest BCUT2D eigenvalue weighted by Crippen LogP contribution is -2.08. The highest BCUT2D eigenvalue weighted by molar-refractivity contribution is 6.32. The SMILES string of the molecule is Cc1cnc(C(=O)Cc2ccccc2)c(Cl)n1. The maximum atomic E-state index is 12.0. The topological polar surface area (TPSA) is 42.9 Å². The highest BCUT2D eigenvalue weighted by atomic mass is 35.5. The van der Waals surface area contributed by atoms with Crippen LogP contribution in [0.2, 0.25) is 5.15 Å². The number of benzene rings is 1. The summed E-state index contributed by atoms with van der Waals surface area (Å²) in [6.45, 7) is 1.78.